The number of rotatable bonds is 13. The second-order valence-corrected chi connectivity index (χ2v) is 12.6. The first-order chi connectivity index (χ1) is 22.7. The summed E-state index contributed by atoms with van der Waals surface area (Å²) in [6.45, 7) is 8.08. The van der Waals surface area contributed by atoms with Crippen LogP contribution >= 0.6 is 0 Å². The third-order valence-electron chi connectivity index (χ3n) is 6.97. The van der Waals surface area contributed by atoms with E-state index in [0.29, 0.717) is 11.4 Å². The Morgan fingerprint density at radius 2 is 1.67 bits per heavy atom. The Bertz CT molecular complexity index is 1750. The molecule has 1 heterocycles. The van der Waals surface area contributed by atoms with Crippen molar-refractivity contribution in [2.45, 2.75) is 65.0 Å². The Kier molecular flexibility index (Phi) is 11.4. The van der Waals surface area contributed by atoms with Gasteiger partial charge in [-0.3, -0.25) is 14.4 Å². The summed E-state index contributed by atoms with van der Waals surface area (Å²) in [5.41, 5.74) is -0.660. The number of anilines is 2. The van der Waals surface area contributed by atoms with Crippen LogP contribution in [0, 0.1) is 0 Å². The van der Waals surface area contributed by atoms with Crippen LogP contribution < -0.4 is 26.0 Å². The van der Waals surface area contributed by atoms with E-state index in [1.807, 2.05) is 66.7 Å². The van der Waals surface area contributed by atoms with Crippen LogP contribution in [0.4, 0.5) is 16.3 Å². The molecule has 0 spiro atoms. The Balaban J connectivity index is 1.40. The maximum atomic E-state index is 13.4. The van der Waals surface area contributed by atoms with Crippen molar-refractivity contribution in [1.82, 2.24) is 20.2 Å². The molecule has 0 saturated heterocycles. The van der Waals surface area contributed by atoms with E-state index in [9.17, 15) is 19.2 Å². The van der Waals surface area contributed by atoms with Gasteiger partial charge in [-0.05, 0) is 69.8 Å². The maximum absolute atomic E-state index is 13.4. The predicted molar refractivity (Wildman–Crippen MR) is 181 cm³/mol. The molecule has 0 radical (unpaired) electrons. The molecule has 4 amide bonds. The van der Waals surface area contributed by atoms with Gasteiger partial charge in [0, 0.05) is 17.3 Å². The Morgan fingerprint density at radius 1 is 0.917 bits per heavy atom. The van der Waals surface area contributed by atoms with Gasteiger partial charge in [0.25, 0.3) is 5.91 Å². The highest BCUT2D eigenvalue weighted by molar-refractivity contribution is 6.02. The van der Waals surface area contributed by atoms with Gasteiger partial charge in [0.1, 0.15) is 29.5 Å². The van der Waals surface area contributed by atoms with Crippen molar-refractivity contribution < 1.29 is 33.4 Å². The molecule has 3 aromatic carbocycles. The Hall–Kier alpha value is -5.43. The zero-order valence-electron chi connectivity index (χ0n) is 28.0. The van der Waals surface area contributed by atoms with Crippen LogP contribution in [0.1, 0.15) is 40.2 Å². The molecule has 1 unspecified atom stereocenters. The Labute approximate surface area is 279 Å². The first kappa shape index (κ1) is 35.4. The normalized spacial score (nSPS) is 12.1. The van der Waals surface area contributed by atoms with Crippen LogP contribution in [-0.4, -0.2) is 64.3 Å². The predicted octanol–water partition coefficient (Wildman–Crippen LogP) is 4.63. The molecule has 0 aliphatic rings. The fourth-order valence-corrected chi connectivity index (χ4v) is 4.58. The average molecular weight is 659 g/mol. The van der Waals surface area contributed by atoms with Crippen LogP contribution in [-0.2, 0) is 37.0 Å². The summed E-state index contributed by atoms with van der Waals surface area (Å²) in [5.74, 6) is -0.660. The summed E-state index contributed by atoms with van der Waals surface area (Å²) in [5, 5.41) is 12.6. The smallest absolute Gasteiger partial charge is 0.408 e. The molecule has 4 rings (SSSR count). The number of nitrogens with one attached hydrogen (secondary N) is 4. The SMILES string of the molecule is COc1ccc2c(NC(=O)Cn3cnc(NC(=O)C(COCc4ccccc4)NC(=O)C(C)(C)NC(=O)OC(C)(C)C)c3)cccc2c1. The van der Waals surface area contributed by atoms with Gasteiger partial charge in [-0.25, -0.2) is 9.78 Å². The number of carbonyl (C=O) groups excluding carboxylic acids is 4. The van der Waals surface area contributed by atoms with E-state index < -0.39 is 35.1 Å². The molecule has 0 fully saturated rings. The summed E-state index contributed by atoms with van der Waals surface area (Å²) < 4.78 is 17.9. The lowest BCUT2D eigenvalue weighted by Crippen LogP contribution is -2.59. The lowest BCUT2D eigenvalue weighted by molar-refractivity contribution is -0.131. The van der Waals surface area contributed by atoms with Crippen molar-refractivity contribution in [3.8, 4) is 5.75 Å². The molecular weight excluding hydrogens is 616 g/mol. The number of aromatic nitrogens is 2. The number of ether oxygens (including phenoxy) is 3. The van der Waals surface area contributed by atoms with Gasteiger partial charge in [0.2, 0.25) is 11.8 Å². The molecule has 4 aromatic rings. The average Bonchev–Trinajstić information content (AvgIpc) is 3.45. The molecule has 0 aliphatic heterocycles. The van der Waals surface area contributed by atoms with E-state index in [1.165, 1.54) is 30.9 Å². The number of amides is 4. The van der Waals surface area contributed by atoms with Gasteiger partial charge in [-0.1, -0.05) is 42.5 Å². The minimum Gasteiger partial charge on any atom is -0.497 e. The summed E-state index contributed by atoms with van der Waals surface area (Å²) in [7, 11) is 1.60. The van der Waals surface area contributed by atoms with Crippen molar-refractivity contribution in [3.63, 3.8) is 0 Å². The van der Waals surface area contributed by atoms with Gasteiger partial charge in [0.05, 0.1) is 26.7 Å². The molecule has 13 nitrogen and oxygen atoms in total. The van der Waals surface area contributed by atoms with E-state index in [0.717, 1.165) is 16.3 Å². The zero-order valence-corrected chi connectivity index (χ0v) is 28.0. The van der Waals surface area contributed by atoms with Gasteiger partial charge >= 0.3 is 6.09 Å². The molecule has 1 aromatic heterocycles. The van der Waals surface area contributed by atoms with E-state index in [2.05, 4.69) is 26.3 Å². The largest absolute Gasteiger partial charge is 0.497 e. The van der Waals surface area contributed by atoms with Gasteiger partial charge < -0.3 is 40.0 Å². The molecule has 4 N–H and O–H groups in total. The Morgan fingerprint density at radius 3 is 2.38 bits per heavy atom. The molecule has 1 atom stereocenters. The highest BCUT2D eigenvalue weighted by atomic mass is 16.6. The quantitative estimate of drug-likeness (QED) is 0.162. The minimum atomic E-state index is -1.43. The van der Waals surface area contributed by atoms with Crippen LogP contribution in [0.25, 0.3) is 10.8 Å². The van der Waals surface area contributed by atoms with Gasteiger partial charge in [-0.15, -0.1) is 0 Å². The van der Waals surface area contributed by atoms with Gasteiger partial charge in [-0.2, -0.15) is 0 Å². The summed E-state index contributed by atoms with van der Waals surface area (Å²) in [4.78, 5) is 56.2. The monoisotopic (exact) mass is 658 g/mol. The number of fused-ring (bicyclic) bond motifs is 1. The highest BCUT2D eigenvalue weighted by Crippen LogP contribution is 2.27. The fraction of sp³-hybridized carbons (Fsp3) is 0.343. The number of nitrogens with zero attached hydrogens (tertiary/aromatic N) is 2. The molecule has 0 aliphatic carbocycles. The zero-order chi connectivity index (χ0) is 34.9. The van der Waals surface area contributed by atoms with Crippen LogP contribution in [0.15, 0.2) is 79.3 Å². The number of alkyl carbamates (subject to hydrolysis) is 1. The van der Waals surface area contributed by atoms with Crippen LogP contribution in [0.5, 0.6) is 5.75 Å². The summed E-state index contributed by atoms with van der Waals surface area (Å²) in [6, 6.07) is 19.4. The van der Waals surface area contributed by atoms with Crippen LogP contribution in [0.2, 0.25) is 0 Å². The number of benzene rings is 3. The van der Waals surface area contributed by atoms with Crippen molar-refractivity contribution in [2.24, 2.45) is 0 Å². The standard InChI is InChI=1S/C35H42N6O7/c1-34(2,3)48-33(45)40-35(4,5)32(44)38-28(21-47-20-23-11-8-7-9-12-23)31(43)39-29-18-41(22-36-29)19-30(42)37-27-14-10-13-24-17-25(46-6)15-16-26(24)27/h7-18,22,28H,19-21H2,1-6H3,(H,37,42)(H,38,44)(H,39,43)(H,40,45). The highest BCUT2D eigenvalue weighted by Gasteiger charge is 2.34. The number of methoxy groups -OCH3 is 1. The number of hydrogen-bond acceptors (Lipinski definition) is 8. The lowest BCUT2D eigenvalue weighted by Gasteiger charge is -2.29. The van der Waals surface area contributed by atoms with E-state index in [1.54, 1.807) is 27.9 Å². The molecule has 13 heteroatoms. The van der Waals surface area contributed by atoms with E-state index >= 15 is 0 Å². The molecule has 48 heavy (non-hydrogen) atoms. The van der Waals surface area contributed by atoms with E-state index in [-0.39, 0.29) is 31.5 Å². The van der Waals surface area contributed by atoms with Crippen molar-refractivity contribution in [3.05, 3.63) is 84.8 Å². The van der Waals surface area contributed by atoms with Crippen molar-refractivity contribution in [2.75, 3.05) is 24.4 Å². The summed E-state index contributed by atoms with van der Waals surface area (Å²) in [6.07, 6.45) is 2.14. The fourth-order valence-electron chi connectivity index (χ4n) is 4.58. The summed E-state index contributed by atoms with van der Waals surface area (Å²) >= 11 is 0. The van der Waals surface area contributed by atoms with Gasteiger partial charge in [0.15, 0.2) is 5.82 Å². The molecule has 0 saturated carbocycles. The minimum absolute atomic E-state index is 0.0692. The van der Waals surface area contributed by atoms with Crippen molar-refractivity contribution in [1.29, 1.82) is 0 Å². The maximum Gasteiger partial charge on any atom is 0.408 e. The van der Waals surface area contributed by atoms with E-state index in [4.69, 9.17) is 14.2 Å². The first-order valence-electron chi connectivity index (χ1n) is 15.4. The number of hydrogen-bond donors (Lipinski definition) is 4. The number of imidazole rings is 1. The molecule has 254 valence electrons. The second-order valence-electron chi connectivity index (χ2n) is 12.6. The topological polar surface area (TPSA) is 162 Å². The molecular formula is C35H42N6O7. The van der Waals surface area contributed by atoms with Crippen molar-refractivity contribution >= 4 is 46.1 Å². The third-order valence-corrected chi connectivity index (χ3v) is 6.97. The van der Waals surface area contributed by atoms with Crippen LogP contribution in [0.3, 0.4) is 0 Å². The first-order valence-corrected chi connectivity index (χ1v) is 15.4. The molecule has 0 bridgehead atoms. The second kappa shape index (κ2) is 15.4. The lowest BCUT2D eigenvalue weighted by atomic mass is 10.0. The third kappa shape index (κ3) is 10.3. The number of carbonyl (C=O) groups is 4.